The van der Waals surface area contributed by atoms with Crippen molar-refractivity contribution in [2.24, 2.45) is 10.9 Å². The molecule has 3 aliphatic rings. The number of amidine groups is 1. The van der Waals surface area contributed by atoms with Gasteiger partial charge in [0.15, 0.2) is 6.29 Å². The lowest BCUT2D eigenvalue weighted by Gasteiger charge is -2.45. The number of para-hydroxylation sites is 1. The first kappa shape index (κ1) is 26.9. The summed E-state index contributed by atoms with van der Waals surface area (Å²) >= 11 is 2.32. The topological polar surface area (TPSA) is 102 Å². The molecule has 0 bridgehead atoms. The summed E-state index contributed by atoms with van der Waals surface area (Å²) in [7, 11) is 1.86. The normalized spacial score (nSPS) is 27.4. The minimum Gasteiger partial charge on any atom is -0.494 e. The van der Waals surface area contributed by atoms with E-state index in [1.165, 1.54) is 5.70 Å². The van der Waals surface area contributed by atoms with Crippen LogP contribution in [0, 0.1) is 5.92 Å². The Kier molecular flexibility index (Phi) is 7.57. The summed E-state index contributed by atoms with van der Waals surface area (Å²) in [5.74, 6) is 3.47. The number of aliphatic hydroxyl groups is 1. The van der Waals surface area contributed by atoms with Gasteiger partial charge in [0.05, 0.1) is 53.0 Å². The first-order chi connectivity index (χ1) is 17.7. The SMILES string of the molecule is COc1cccc2c1nc(N1CCN(C3N=C(NC(CO)C(C)C)C4=C(CCS4(C)O)N3C)CC1)n2I. The van der Waals surface area contributed by atoms with Crippen molar-refractivity contribution in [3.63, 3.8) is 0 Å². The fourth-order valence-corrected chi connectivity index (χ4v) is 8.30. The van der Waals surface area contributed by atoms with Gasteiger partial charge in [-0.1, -0.05) is 19.9 Å². The summed E-state index contributed by atoms with van der Waals surface area (Å²) in [6.07, 6.45) is 2.65. The molecule has 1 aromatic carbocycles. The zero-order chi connectivity index (χ0) is 26.5. The summed E-state index contributed by atoms with van der Waals surface area (Å²) in [6.45, 7) is 7.54. The van der Waals surface area contributed by atoms with Crippen LogP contribution in [0.5, 0.6) is 5.75 Å². The Morgan fingerprint density at radius 1 is 1.24 bits per heavy atom. The quantitative estimate of drug-likeness (QED) is 0.413. The first-order valence-electron chi connectivity index (χ1n) is 12.8. The highest BCUT2D eigenvalue weighted by molar-refractivity contribution is 14.1. The summed E-state index contributed by atoms with van der Waals surface area (Å²) in [5, 5.41) is 13.5. The fourth-order valence-electron chi connectivity index (χ4n) is 5.42. The number of piperazine rings is 1. The van der Waals surface area contributed by atoms with Gasteiger partial charge in [-0.25, -0.2) is 12.8 Å². The average Bonchev–Trinajstić information content (AvgIpc) is 3.40. The number of anilines is 1. The van der Waals surface area contributed by atoms with Gasteiger partial charge in [-0.2, -0.15) is 0 Å². The van der Waals surface area contributed by atoms with E-state index in [9.17, 15) is 9.66 Å². The zero-order valence-electron chi connectivity index (χ0n) is 22.2. The highest BCUT2D eigenvalue weighted by Gasteiger charge is 2.42. The second-order valence-electron chi connectivity index (χ2n) is 10.4. The van der Waals surface area contributed by atoms with Crippen LogP contribution in [0.15, 0.2) is 33.8 Å². The standard InChI is InChI=1S/C25H38IN7O3S/c1-16(2)17(15-34)27-23-22-19(9-14-37(22,5)35)30(3)24(29-23)31-10-12-32(13-11-31)25-28-21-18(33(25)26)7-6-8-20(21)36-4/h6-8,16-17,24,34-35H,9-15H2,1-5H3,(H,27,29). The van der Waals surface area contributed by atoms with Gasteiger partial charge in [0.25, 0.3) is 0 Å². The van der Waals surface area contributed by atoms with Crippen molar-refractivity contribution < 1.29 is 14.4 Å². The second kappa shape index (κ2) is 10.4. The molecule has 3 unspecified atom stereocenters. The van der Waals surface area contributed by atoms with E-state index in [4.69, 9.17) is 14.7 Å². The molecule has 0 saturated carbocycles. The molecule has 3 atom stereocenters. The number of halogens is 1. The number of aromatic nitrogens is 2. The largest absolute Gasteiger partial charge is 0.494 e. The molecule has 0 radical (unpaired) electrons. The molecule has 2 aromatic rings. The van der Waals surface area contributed by atoms with E-state index in [1.807, 2.05) is 18.4 Å². The van der Waals surface area contributed by atoms with E-state index < -0.39 is 10.3 Å². The van der Waals surface area contributed by atoms with E-state index in [0.29, 0.717) is 0 Å². The number of benzene rings is 1. The number of fused-ring (bicyclic) bond motifs is 1. The Morgan fingerprint density at radius 2 is 1.97 bits per heavy atom. The van der Waals surface area contributed by atoms with Crippen molar-refractivity contribution in [3.8, 4) is 5.75 Å². The van der Waals surface area contributed by atoms with Crippen molar-refractivity contribution in [3.05, 3.63) is 28.8 Å². The lowest BCUT2D eigenvalue weighted by molar-refractivity contribution is 0.0804. The summed E-state index contributed by atoms with van der Waals surface area (Å²) in [4.78, 5) is 18.0. The maximum absolute atomic E-state index is 11.3. The Bertz CT molecular complexity index is 1220. The van der Waals surface area contributed by atoms with Gasteiger partial charge in [-0.3, -0.25) is 4.90 Å². The van der Waals surface area contributed by atoms with Crippen LogP contribution in [-0.2, 0) is 0 Å². The number of allylic oxidation sites excluding steroid dienone is 1. The number of hydrogen-bond acceptors (Lipinski definition) is 9. The predicted molar refractivity (Wildman–Crippen MR) is 160 cm³/mol. The molecule has 1 saturated heterocycles. The van der Waals surface area contributed by atoms with Crippen molar-refractivity contribution in [1.82, 2.24) is 22.9 Å². The molecule has 0 amide bonds. The number of nitrogens with zero attached hydrogens (tertiary/aromatic N) is 6. The van der Waals surface area contributed by atoms with E-state index in [0.717, 1.165) is 71.8 Å². The van der Waals surface area contributed by atoms with Crippen LogP contribution in [0.4, 0.5) is 5.95 Å². The smallest absolute Gasteiger partial charge is 0.215 e. The average molecular weight is 644 g/mol. The molecule has 1 aromatic heterocycles. The van der Waals surface area contributed by atoms with Crippen LogP contribution in [0.1, 0.15) is 20.3 Å². The highest BCUT2D eigenvalue weighted by Crippen LogP contribution is 2.57. The van der Waals surface area contributed by atoms with Gasteiger partial charge in [0.1, 0.15) is 17.1 Å². The molecule has 0 aliphatic carbocycles. The minimum absolute atomic E-state index is 0.0258. The Labute approximate surface area is 234 Å². The van der Waals surface area contributed by atoms with Gasteiger partial charge in [0, 0.05) is 44.7 Å². The Morgan fingerprint density at radius 3 is 2.62 bits per heavy atom. The van der Waals surface area contributed by atoms with Crippen molar-refractivity contribution in [1.29, 1.82) is 0 Å². The van der Waals surface area contributed by atoms with Gasteiger partial charge >= 0.3 is 0 Å². The maximum Gasteiger partial charge on any atom is 0.215 e. The predicted octanol–water partition coefficient (Wildman–Crippen LogP) is 3.12. The number of rotatable bonds is 6. The Hall–Kier alpha value is -1.74. The van der Waals surface area contributed by atoms with Crippen molar-refractivity contribution in [2.75, 3.05) is 63.9 Å². The first-order valence-corrected chi connectivity index (χ1v) is 15.9. The third kappa shape index (κ3) is 4.79. The van der Waals surface area contributed by atoms with Gasteiger partial charge < -0.3 is 29.5 Å². The Balaban J connectivity index is 1.37. The number of methoxy groups -OCH3 is 1. The molecule has 10 nitrogen and oxygen atoms in total. The number of aliphatic imine (C=N–C) groups is 1. The molecule has 3 aliphatic heterocycles. The zero-order valence-corrected chi connectivity index (χ0v) is 25.2. The molecule has 4 heterocycles. The maximum atomic E-state index is 11.3. The van der Waals surface area contributed by atoms with Crippen LogP contribution in [-0.4, -0.2) is 104 Å². The van der Waals surface area contributed by atoms with Crippen LogP contribution in [0.25, 0.3) is 11.0 Å². The van der Waals surface area contributed by atoms with Gasteiger partial charge in [-0.05, 0) is 30.7 Å². The van der Waals surface area contributed by atoms with Crippen molar-refractivity contribution >= 4 is 56.0 Å². The van der Waals surface area contributed by atoms with Crippen LogP contribution >= 0.6 is 33.2 Å². The highest BCUT2D eigenvalue weighted by atomic mass is 127. The third-order valence-electron chi connectivity index (χ3n) is 7.71. The minimum atomic E-state index is -1.92. The summed E-state index contributed by atoms with van der Waals surface area (Å²) in [6, 6.07) is 5.89. The lowest BCUT2D eigenvalue weighted by atomic mass is 10.1. The van der Waals surface area contributed by atoms with E-state index in [1.54, 1.807) is 7.11 Å². The van der Waals surface area contributed by atoms with E-state index in [2.05, 4.69) is 72.6 Å². The number of ether oxygens (including phenoxy) is 1. The van der Waals surface area contributed by atoms with E-state index in [-0.39, 0.29) is 24.9 Å². The summed E-state index contributed by atoms with van der Waals surface area (Å²) in [5.41, 5.74) is 3.10. The molecule has 204 valence electrons. The molecule has 0 spiro atoms. The molecular formula is C25H38IN7O3S. The molecule has 12 heteroatoms. The lowest BCUT2D eigenvalue weighted by Crippen LogP contribution is -2.57. The fraction of sp³-hybridized carbons (Fsp3) is 0.600. The second-order valence-corrected chi connectivity index (χ2v) is 14.3. The number of imidazole rings is 1. The molecular weight excluding hydrogens is 605 g/mol. The summed E-state index contributed by atoms with van der Waals surface area (Å²) < 4.78 is 18.9. The number of aliphatic hydroxyl groups excluding tert-OH is 1. The van der Waals surface area contributed by atoms with Gasteiger partial charge in [-0.15, -0.1) is 10.3 Å². The third-order valence-corrected chi connectivity index (χ3v) is 11.0. The number of nitrogens with one attached hydrogen (secondary N) is 1. The monoisotopic (exact) mass is 643 g/mol. The molecule has 3 N–H and O–H groups in total. The number of hydrogen-bond donors (Lipinski definition) is 3. The molecule has 5 rings (SSSR count). The van der Waals surface area contributed by atoms with Crippen LogP contribution in [0.3, 0.4) is 0 Å². The molecule has 1 fully saturated rings. The van der Waals surface area contributed by atoms with Crippen LogP contribution in [0.2, 0.25) is 0 Å². The van der Waals surface area contributed by atoms with E-state index >= 15 is 0 Å². The molecule has 37 heavy (non-hydrogen) atoms. The van der Waals surface area contributed by atoms with Gasteiger partial charge in [0.2, 0.25) is 5.95 Å². The van der Waals surface area contributed by atoms with Crippen LogP contribution < -0.4 is 15.0 Å². The van der Waals surface area contributed by atoms with Crippen molar-refractivity contribution in [2.45, 2.75) is 32.6 Å².